The molecule has 1 saturated carbocycles. The first-order valence-electron chi connectivity index (χ1n) is 15.8. The summed E-state index contributed by atoms with van der Waals surface area (Å²) in [4.78, 5) is 47.5. The fourth-order valence-electron chi connectivity index (χ4n) is 8.53. The molecule has 2 aliphatic carbocycles. The standard InChI is InChI=1S/C41H29Cl2NO5/c1-48-29-18-13-24(14-19-29)33-34(25-15-20-30(49-2)21-16-25)41(27-11-7-4-8-12-27)36-35(40(33,39(41)47)26-9-5-3-6-10-26)37(45)44(38(36)46)32-23-28(42)17-22-31(32)43/h3-23,35-36H,1-2H3/t35-,36-,40+,41+/m0/s1. The number of carbonyl (C=O) groups excluding carboxylic acids is 3. The van der Waals surface area contributed by atoms with E-state index in [1.54, 1.807) is 26.4 Å². The highest BCUT2D eigenvalue weighted by Crippen LogP contribution is 2.74. The number of imide groups is 1. The number of halogens is 2. The molecular formula is C41H29Cl2NO5. The molecule has 4 atom stereocenters. The van der Waals surface area contributed by atoms with Crippen LogP contribution in [0.25, 0.3) is 11.1 Å². The van der Waals surface area contributed by atoms with E-state index < -0.39 is 34.5 Å². The van der Waals surface area contributed by atoms with Gasteiger partial charge in [0.1, 0.15) is 11.5 Å². The average molecular weight is 687 g/mol. The number of anilines is 1. The number of benzene rings is 5. The van der Waals surface area contributed by atoms with Gasteiger partial charge in [0.05, 0.1) is 47.6 Å². The lowest BCUT2D eigenvalue weighted by molar-refractivity contribution is -0.130. The molecule has 0 radical (unpaired) electrons. The molecule has 1 saturated heterocycles. The van der Waals surface area contributed by atoms with Gasteiger partial charge in [0.25, 0.3) is 0 Å². The van der Waals surface area contributed by atoms with E-state index in [4.69, 9.17) is 32.7 Å². The van der Waals surface area contributed by atoms with E-state index in [-0.39, 0.29) is 16.5 Å². The van der Waals surface area contributed by atoms with Gasteiger partial charge >= 0.3 is 0 Å². The highest BCUT2D eigenvalue weighted by molar-refractivity contribution is 6.42. The Morgan fingerprint density at radius 3 is 1.41 bits per heavy atom. The van der Waals surface area contributed by atoms with Crippen LogP contribution in [0, 0.1) is 11.8 Å². The molecule has 2 amide bonds. The number of methoxy groups -OCH3 is 2. The molecule has 0 unspecified atom stereocenters. The second kappa shape index (κ2) is 11.5. The first kappa shape index (κ1) is 31.1. The van der Waals surface area contributed by atoms with Crippen LogP contribution in [0.4, 0.5) is 5.69 Å². The highest BCUT2D eigenvalue weighted by atomic mass is 35.5. The van der Waals surface area contributed by atoms with Gasteiger partial charge < -0.3 is 9.47 Å². The van der Waals surface area contributed by atoms with Crippen molar-refractivity contribution in [2.75, 3.05) is 19.1 Å². The van der Waals surface area contributed by atoms with Crippen LogP contribution < -0.4 is 14.4 Å². The zero-order valence-electron chi connectivity index (χ0n) is 26.5. The Bertz CT molecular complexity index is 2050. The highest BCUT2D eigenvalue weighted by Gasteiger charge is 2.82. The smallest absolute Gasteiger partial charge is 0.239 e. The van der Waals surface area contributed by atoms with Crippen LogP contribution in [-0.4, -0.2) is 31.8 Å². The summed E-state index contributed by atoms with van der Waals surface area (Å²) in [6.45, 7) is 0. The number of hydrogen-bond acceptors (Lipinski definition) is 5. The summed E-state index contributed by atoms with van der Waals surface area (Å²) in [5.41, 5.74) is 1.14. The maximum atomic E-state index is 16.0. The van der Waals surface area contributed by atoms with Crippen LogP contribution in [-0.2, 0) is 25.2 Å². The van der Waals surface area contributed by atoms with Crippen molar-refractivity contribution in [2.45, 2.75) is 10.8 Å². The zero-order valence-corrected chi connectivity index (χ0v) is 28.0. The second-order valence-electron chi connectivity index (χ2n) is 12.4. The van der Waals surface area contributed by atoms with Gasteiger partial charge in [-0.2, -0.15) is 0 Å². The first-order chi connectivity index (χ1) is 23.8. The molecule has 1 aliphatic heterocycles. The van der Waals surface area contributed by atoms with Crippen molar-refractivity contribution in [1.82, 2.24) is 0 Å². The van der Waals surface area contributed by atoms with Gasteiger partial charge in [-0.1, -0.05) is 108 Å². The fourth-order valence-corrected chi connectivity index (χ4v) is 8.90. The van der Waals surface area contributed by atoms with E-state index in [2.05, 4.69) is 0 Å². The van der Waals surface area contributed by atoms with Crippen molar-refractivity contribution < 1.29 is 23.9 Å². The normalized spacial score (nSPS) is 24.1. The van der Waals surface area contributed by atoms with Crippen LogP contribution in [0.3, 0.4) is 0 Å². The molecule has 242 valence electrons. The summed E-state index contributed by atoms with van der Waals surface area (Å²) in [5.74, 6) is -2.13. The number of rotatable bonds is 7. The van der Waals surface area contributed by atoms with E-state index in [0.717, 1.165) is 16.0 Å². The molecular weight excluding hydrogens is 657 g/mol. The van der Waals surface area contributed by atoms with Gasteiger partial charge in [-0.15, -0.1) is 0 Å². The van der Waals surface area contributed by atoms with Crippen molar-refractivity contribution in [3.8, 4) is 11.5 Å². The van der Waals surface area contributed by atoms with Crippen molar-refractivity contribution in [1.29, 1.82) is 0 Å². The number of ether oxygens (including phenoxy) is 2. The first-order valence-corrected chi connectivity index (χ1v) is 16.6. The Hall–Kier alpha value is -5.17. The molecule has 2 bridgehead atoms. The molecule has 0 aromatic heterocycles. The van der Waals surface area contributed by atoms with Gasteiger partial charge in [-0.3, -0.25) is 14.4 Å². The number of hydrogen-bond donors (Lipinski definition) is 0. The number of amides is 2. The third-order valence-electron chi connectivity index (χ3n) is 10.4. The molecule has 1 heterocycles. The second-order valence-corrected chi connectivity index (χ2v) is 13.3. The van der Waals surface area contributed by atoms with Gasteiger partial charge in [-0.05, 0) is 75.9 Å². The molecule has 8 rings (SSSR count). The molecule has 0 spiro atoms. The topological polar surface area (TPSA) is 72.9 Å². The Labute approximate surface area is 293 Å². The minimum Gasteiger partial charge on any atom is -0.497 e. The van der Waals surface area contributed by atoms with Crippen molar-refractivity contribution in [3.05, 3.63) is 160 Å². The zero-order chi connectivity index (χ0) is 34.1. The van der Waals surface area contributed by atoms with Gasteiger partial charge in [-0.25, -0.2) is 4.90 Å². The maximum absolute atomic E-state index is 16.0. The summed E-state index contributed by atoms with van der Waals surface area (Å²) in [5, 5.41) is 0.522. The monoisotopic (exact) mass is 685 g/mol. The minimum atomic E-state index is -1.56. The van der Waals surface area contributed by atoms with E-state index >= 15 is 14.4 Å². The third kappa shape index (κ3) is 4.11. The van der Waals surface area contributed by atoms with Gasteiger partial charge in [0.2, 0.25) is 11.8 Å². The molecule has 2 fully saturated rings. The summed E-state index contributed by atoms with van der Waals surface area (Å²) >= 11 is 13.1. The van der Waals surface area contributed by atoms with E-state index in [9.17, 15) is 0 Å². The molecule has 0 N–H and O–H groups in total. The van der Waals surface area contributed by atoms with E-state index in [1.165, 1.54) is 6.07 Å². The quantitative estimate of drug-likeness (QED) is 0.162. The van der Waals surface area contributed by atoms with Crippen molar-refractivity contribution in [3.63, 3.8) is 0 Å². The van der Waals surface area contributed by atoms with Crippen LogP contribution in [0.5, 0.6) is 11.5 Å². The summed E-state index contributed by atoms with van der Waals surface area (Å²) < 4.78 is 11.0. The van der Waals surface area contributed by atoms with Gasteiger partial charge in [0, 0.05) is 5.02 Å². The van der Waals surface area contributed by atoms with Crippen LogP contribution in [0.15, 0.2) is 127 Å². The summed E-state index contributed by atoms with van der Waals surface area (Å²) in [7, 11) is 3.19. The third-order valence-corrected chi connectivity index (χ3v) is 10.9. The maximum Gasteiger partial charge on any atom is 0.239 e. The Morgan fingerprint density at radius 2 is 1.00 bits per heavy atom. The van der Waals surface area contributed by atoms with Crippen molar-refractivity contribution >= 4 is 57.6 Å². The predicted octanol–water partition coefficient (Wildman–Crippen LogP) is 8.20. The number of nitrogens with zero attached hydrogens (tertiary/aromatic N) is 1. The minimum absolute atomic E-state index is 0.189. The predicted molar refractivity (Wildman–Crippen MR) is 190 cm³/mol. The Morgan fingerprint density at radius 1 is 0.571 bits per heavy atom. The fraction of sp³-hybridized carbons (Fsp3) is 0.146. The van der Waals surface area contributed by atoms with E-state index in [1.807, 2.05) is 109 Å². The van der Waals surface area contributed by atoms with Crippen LogP contribution in [0.1, 0.15) is 22.3 Å². The van der Waals surface area contributed by atoms with E-state index in [0.29, 0.717) is 38.8 Å². The molecule has 5 aromatic carbocycles. The summed E-state index contributed by atoms with van der Waals surface area (Å²) in [6.07, 6.45) is 0. The largest absolute Gasteiger partial charge is 0.497 e. The number of allylic oxidation sites excluding steroid dienone is 2. The van der Waals surface area contributed by atoms with Crippen LogP contribution >= 0.6 is 23.2 Å². The van der Waals surface area contributed by atoms with Crippen LogP contribution in [0.2, 0.25) is 10.0 Å². The molecule has 8 heteroatoms. The van der Waals surface area contributed by atoms with Crippen molar-refractivity contribution in [2.24, 2.45) is 11.8 Å². The molecule has 5 aromatic rings. The lowest BCUT2D eigenvalue weighted by atomic mass is 9.59. The lowest BCUT2D eigenvalue weighted by Gasteiger charge is -2.39. The molecule has 6 nitrogen and oxygen atoms in total. The number of carbonyl (C=O) groups is 3. The Balaban J connectivity index is 1.55. The number of ketones is 1. The average Bonchev–Trinajstić information content (AvgIpc) is 3.65. The number of Topliss-reactive ketones (excluding diaryl/α,β-unsaturated/α-hetero) is 1. The molecule has 49 heavy (non-hydrogen) atoms. The van der Waals surface area contributed by atoms with Gasteiger partial charge in [0.15, 0.2) is 5.78 Å². The molecule has 3 aliphatic rings. The SMILES string of the molecule is COc1ccc(C2=C(c3ccc(OC)cc3)[C@@]3(c4ccccc4)C(=O)[C@@]2(c2ccccc2)[C@@H]2C(=O)N(c4cc(Cl)ccc4Cl)C(=O)[C@H]23)cc1. The lowest BCUT2D eigenvalue weighted by Crippen LogP contribution is -2.45. The summed E-state index contributed by atoms with van der Waals surface area (Å²) in [6, 6.07) is 38.4. The number of fused-ring (bicyclic) bond motifs is 5. The Kier molecular flexibility index (Phi) is 7.28.